The average Bonchev–Trinajstić information content (AvgIpc) is 2.93. The molecule has 0 N–H and O–H groups in total. The van der Waals surface area contributed by atoms with Gasteiger partial charge >= 0.3 is 6.18 Å². The van der Waals surface area contributed by atoms with Gasteiger partial charge in [-0.25, -0.2) is 0 Å². The van der Waals surface area contributed by atoms with Crippen LogP contribution in [0.1, 0.15) is 39.3 Å². The zero-order valence-corrected chi connectivity index (χ0v) is 17.6. The summed E-state index contributed by atoms with van der Waals surface area (Å²) < 4.78 is 38.2. The Bertz CT molecular complexity index is 1040. The second-order valence-corrected chi connectivity index (χ2v) is 8.20. The smallest absolute Gasteiger partial charge is 0.298 e. The molecular formula is C27H26F3N. The minimum Gasteiger partial charge on any atom is -0.298 e. The van der Waals surface area contributed by atoms with Crippen LogP contribution in [0.3, 0.4) is 0 Å². The summed E-state index contributed by atoms with van der Waals surface area (Å²) in [5.74, 6) is 0.304. The van der Waals surface area contributed by atoms with Gasteiger partial charge in [-0.2, -0.15) is 13.2 Å². The van der Waals surface area contributed by atoms with Gasteiger partial charge < -0.3 is 0 Å². The van der Waals surface area contributed by atoms with E-state index in [1.54, 1.807) is 0 Å². The molecule has 1 nitrogen and oxygen atoms in total. The Labute approximate surface area is 181 Å². The second kappa shape index (κ2) is 9.11. The first kappa shape index (κ1) is 21.4. The lowest BCUT2D eigenvalue weighted by atomic mass is 9.87. The normalized spacial score (nSPS) is 17.5. The third kappa shape index (κ3) is 5.26. The summed E-state index contributed by atoms with van der Waals surface area (Å²) in [7, 11) is 0. The van der Waals surface area contributed by atoms with Crippen molar-refractivity contribution in [2.75, 3.05) is 19.6 Å². The molecule has 31 heavy (non-hydrogen) atoms. The van der Waals surface area contributed by atoms with Gasteiger partial charge in [0.2, 0.25) is 0 Å². The Morgan fingerprint density at radius 2 is 1.71 bits per heavy atom. The number of alkyl halides is 3. The molecule has 0 aliphatic carbocycles. The van der Waals surface area contributed by atoms with Crippen molar-refractivity contribution in [3.05, 3.63) is 112 Å². The van der Waals surface area contributed by atoms with Crippen LogP contribution in [-0.2, 0) is 12.6 Å². The van der Waals surface area contributed by atoms with Crippen LogP contribution in [0.15, 0.2) is 78.9 Å². The highest BCUT2D eigenvalue weighted by Gasteiger charge is 2.29. The van der Waals surface area contributed by atoms with Gasteiger partial charge in [-0.05, 0) is 47.7 Å². The number of benzene rings is 3. The number of hydrogen-bond donors (Lipinski definition) is 0. The number of aryl methyl sites for hydroxylation is 1. The van der Waals surface area contributed by atoms with Crippen molar-refractivity contribution in [1.29, 1.82) is 0 Å². The number of halogens is 3. The molecule has 0 amide bonds. The lowest BCUT2D eigenvalue weighted by molar-refractivity contribution is -0.137. The molecule has 4 heteroatoms. The van der Waals surface area contributed by atoms with Gasteiger partial charge in [0.15, 0.2) is 0 Å². The van der Waals surface area contributed by atoms with E-state index in [2.05, 4.69) is 54.3 Å². The van der Waals surface area contributed by atoms with Crippen molar-refractivity contribution in [1.82, 2.24) is 4.90 Å². The van der Waals surface area contributed by atoms with Crippen LogP contribution in [0.25, 0.3) is 6.08 Å². The summed E-state index contributed by atoms with van der Waals surface area (Å²) >= 11 is 0. The Kier molecular flexibility index (Phi) is 6.28. The van der Waals surface area contributed by atoms with E-state index in [0.717, 1.165) is 43.8 Å². The highest BCUT2D eigenvalue weighted by molar-refractivity contribution is 5.50. The van der Waals surface area contributed by atoms with Crippen LogP contribution in [0.4, 0.5) is 13.2 Å². The third-order valence-corrected chi connectivity index (χ3v) is 5.93. The summed E-state index contributed by atoms with van der Waals surface area (Å²) in [5, 5.41) is 0. The van der Waals surface area contributed by atoms with E-state index in [0.29, 0.717) is 5.92 Å². The predicted octanol–water partition coefficient (Wildman–Crippen LogP) is 6.72. The van der Waals surface area contributed by atoms with E-state index in [9.17, 15) is 13.2 Å². The molecule has 1 aliphatic rings. The first-order chi connectivity index (χ1) is 14.9. The summed E-state index contributed by atoms with van der Waals surface area (Å²) in [6.45, 7) is 4.77. The summed E-state index contributed by atoms with van der Waals surface area (Å²) in [6.07, 6.45) is 0.646. The van der Waals surface area contributed by atoms with Gasteiger partial charge in [0.25, 0.3) is 0 Å². The maximum atomic E-state index is 12.7. The van der Waals surface area contributed by atoms with Gasteiger partial charge in [-0.15, -0.1) is 0 Å². The average molecular weight is 422 g/mol. The number of hydrogen-bond acceptors (Lipinski definition) is 1. The molecule has 0 fully saturated rings. The molecule has 160 valence electrons. The molecule has 1 unspecified atom stereocenters. The van der Waals surface area contributed by atoms with E-state index in [-0.39, 0.29) is 0 Å². The fourth-order valence-electron chi connectivity index (χ4n) is 4.25. The molecule has 1 atom stereocenters. The molecule has 4 rings (SSSR count). The van der Waals surface area contributed by atoms with Gasteiger partial charge in [0.05, 0.1) is 5.56 Å². The molecule has 0 radical (unpaired) electrons. The topological polar surface area (TPSA) is 3.24 Å². The van der Waals surface area contributed by atoms with E-state index in [1.807, 2.05) is 18.2 Å². The first-order valence-corrected chi connectivity index (χ1v) is 10.6. The predicted molar refractivity (Wildman–Crippen MR) is 120 cm³/mol. The summed E-state index contributed by atoms with van der Waals surface area (Å²) in [5.41, 5.74) is 5.55. The number of nitrogens with zero attached hydrogens (tertiary/aromatic N) is 1. The Balaban J connectivity index is 1.50. The lowest BCUT2D eigenvalue weighted by Crippen LogP contribution is -2.29. The van der Waals surface area contributed by atoms with Gasteiger partial charge in [-0.3, -0.25) is 4.90 Å². The molecule has 0 spiro atoms. The first-order valence-electron chi connectivity index (χ1n) is 10.6. The molecule has 1 heterocycles. The van der Waals surface area contributed by atoms with Crippen LogP contribution >= 0.6 is 0 Å². The van der Waals surface area contributed by atoms with Crippen molar-refractivity contribution in [2.24, 2.45) is 0 Å². The van der Waals surface area contributed by atoms with Crippen LogP contribution in [-0.4, -0.2) is 24.5 Å². The van der Waals surface area contributed by atoms with Crippen LogP contribution < -0.4 is 0 Å². The van der Waals surface area contributed by atoms with Gasteiger partial charge in [0.1, 0.15) is 0 Å². The van der Waals surface area contributed by atoms with E-state index in [1.165, 1.54) is 34.4 Å². The molecule has 3 aromatic carbocycles. The summed E-state index contributed by atoms with van der Waals surface area (Å²) in [6, 6.07) is 22.7. The largest absolute Gasteiger partial charge is 0.416 e. The minimum absolute atomic E-state index is 0.304. The monoisotopic (exact) mass is 421 g/mol. The van der Waals surface area contributed by atoms with Crippen molar-refractivity contribution in [3.8, 4) is 0 Å². The van der Waals surface area contributed by atoms with E-state index in [4.69, 9.17) is 0 Å². The lowest BCUT2D eigenvalue weighted by Gasteiger charge is -2.24. The van der Waals surface area contributed by atoms with Crippen LogP contribution in [0, 0.1) is 6.92 Å². The van der Waals surface area contributed by atoms with Crippen molar-refractivity contribution >= 4 is 6.08 Å². The maximum Gasteiger partial charge on any atom is 0.416 e. The highest BCUT2D eigenvalue weighted by Crippen LogP contribution is 2.32. The standard InChI is InChI=1S/C27H26F3N/c1-20-9-12-23-15-17-31(19-26(25(23)18-20)22-7-3-2-4-8-22)16-5-6-21-10-13-24(14-11-21)27(28,29)30/h2-14,18,26H,15-17,19H2,1H3/b6-5+. The molecule has 0 bridgehead atoms. The SMILES string of the molecule is Cc1ccc2c(c1)C(c1ccccc1)CN(C/C=C/c1ccc(C(F)(F)F)cc1)CC2. The zero-order chi connectivity index (χ0) is 21.8. The highest BCUT2D eigenvalue weighted by atomic mass is 19.4. The van der Waals surface area contributed by atoms with Crippen LogP contribution in [0.2, 0.25) is 0 Å². The molecule has 3 aromatic rings. The Morgan fingerprint density at radius 3 is 2.42 bits per heavy atom. The van der Waals surface area contributed by atoms with Crippen molar-refractivity contribution in [3.63, 3.8) is 0 Å². The number of rotatable bonds is 4. The van der Waals surface area contributed by atoms with E-state index < -0.39 is 11.7 Å². The fraction of sp³-hybridized carbons (Fsp3) is 0.259. The van der Waals surface area contributed by atoms with Crippen molar-refractivity contribution < 1.29 is 13.2 Å². The maximum absolute atomic E-state index is 12.7. The van der Waals surface area contributed by atoms with Crippen LogP contribution in [0.5, 0.6) is 0 Å². The zero-order valence-electron chi connectivity index (χ0n) is 17.6. The fourth-order valence-corrected chi connectivity index (χ4v) is 4.25. The molecule has 0 saturated carbocycles. The van der Waals surface area contributed by atoms with E-state index >= 15 is 0 Å². The quantitative estimate of drug-likeness (QED) is 0.452. The third-order valence-electron chi connectivity index (χ3n) is 5.93. The minimum atomic E-state index is -4.30. The second-order valence-electron chi connectivity index (χ2n) is 8.20. The number of fused-ring (bicyclic) bond motifs is 1. The van der Waals surface area contributed by atoms with Crippen molar-refractivity contribution in [2.45, 2.75) is 25.4 Å². The summed E-state index contributed by atoms with van der Waals surface area (Å²) in [4.78, 5) is 2.42. The Morgan fingerprint density at radius 1 is 0.968 bits per heavy atom. The molecule has 0 saturated heterocycles. The molecule has 0 aromatic heterocycles. The van der Waals surface area contributed by atoms with Gasteiger partial charge in [-0.1, -0.05) is 78.4 Å². The Hall–Kier alpha value is -2.85. The molecule has 1 aliphatic heterocycles. The molecular weight excluding hydrogens is 395 g/mol. The van der Waals surface area contributed by atoms with Gasteiger partial charge in [0, 0.05) is 25.6 Å².